The van der Waals surface area contributed by atoms with Gasteiger partial charge >= 0.3 is 0 Å². The summed E-state index contributed by atoms with van der Waals surface area (Å²) in [7, 11) is 0. The number of nitrogens with two attached hydrogens (primary N) is 1. The smallest absolute Gasteiger partial charge is 0.265 e. The number of fused-ring (bicyclic) bond motifs is 1. The molecule has 1 heterocycles. The number of carbonyl (C=O) groups excluding carboxylic acids is 1. The number of aromatic amines is 1. The molecule has 0 aliphatic rings. The summed E-state index contributed by atoms with van der Waals surface area (Å²) < 4.78 is 0. The van der Waals surface area contributed by atoms with E-state index in [4.69, 9.17) is 5.84 Å². The fourth-order valence-electron chi connectivity index (χ4n) is 1.53. The first kappa shape index (κ1) is 10.6. The molecule has 16 heavy (non-hydrogen) atoms. The van der Waals surface area contributed by atoms with Gasteiger partial charge in [-0.15, -0.1) is 0 Å². The Morgan fingerprint density at radius 3 is 2.88 bits per heavy atom. The molecule has 1 amide bonds. The number of aromatic nitrogens is 2. The average Bonchev–Trinajstić information content (AvgIpc) is 2.70. The quantitative estimate of drug-likeness (QED) is 0.403. The van der Waals surface area contributed by atoms with Crippen LogP contribution in [0.4, 0.5) is 0 Å². The number of nitrogens with zero attached hydrogens (tertiary/aromatic N) is 1. The number of nitrogen functional groups attached to an aromatic ring is 1. The predicted molar refractivity (Wildman–Crippen MR) is 61.8 cm³/mol. The summed E-state index contributed by atoms with van der Waals surface area (Å²) >= 11 is 0. The number of H-pyrrole nitrogens is 1. The first-order valence-corrected chi connectivity index (χ1v) is 5.12. The fourth-order valence-corrected chi connectivity index (χ4v) is 1.53. The number of nitrogens with one attached hydrogen (secondary N) is 2. The van der Waals surface area contributed by atoms with Crippen molar-refractivity contribution in [2.75, 3.05) is 0 Å². The highest BCUT2D eigenvalue weighted by atomic mass is 16.2. The largest absolute Gasteiger partial charge is 0.342 e. The maximum atomic E-state index is 11.3. The molecule has 0 saturated carbocycles. The fraction of sp³-hybridized carbons (Fsp3) is 0.273. The van der Waals surface area contributed by atoms with Crippen molar-refractivity contribution in [2.45, 2.75) is 19.8 Å². The van der Waals surface area contributed by atoms with Crippen molar-refractivity contribution >= 4 is 16.9 Å². The van der Waals surface area contributed by atoms with Crippen LogP contribution < -0.4 is 11.3 Å². The summed E-state index contributed by atoms with van der Waals surface area (Å²) in [6.07, 6.45) is 0. The number of carbonyl (C=O) groups is 1. The van der Waals surface area contributed by atoms with E-state index in [2.05, 4.69) is 29.2 Å². The van der Waals surface area contributed by atoms with E-state index < -0.39 is 0 Å². The van der Waals surface area contributed by atoms with Gasteiger partial charge in [0, 0.05) is 11.5 Å². The number of hydrazine groups is 1. The molecule has 0 bridgehead atoms. The molecular weight excluding hydrogens is 204 g/mol. The third-order valence-electron chi connectivity index (χ3n) is 2.44. The SMILES string of the molecule is CC(C)c1nc2ccc(C(=O)NN)cc2[nH]1. The molecule has 0 radical (unpaired) electrons. The Labute approximate surface area is 93.0 Å². The van der Waals surface area contributed by atoms with Crippen molar-refractivity contribution in [3.05, 3.63) is 29.6 Å². The van der Waals surface area contributed by atoms with Crippen molar-refractivity contribution in [1.82, 2.24) is 15.4 Å². The minimum Gasteiger partial charge on any atom is -0.342 e. The van der Waals surface area contributed by atoms with Crippen LogP contribution in [0.15, 0.2) is 18.2 Å². The van der Waals surface area contributed by atoms with E-state index >= 15 is 0 Å². The molecule has 84 valence electrons. The highest BCUT2D eigenvalue weighted by Gasteiger charge is 2.09. The van der Waals surface area contributed by atoms with Gasteiger partial charge in [0.2, 0.25) is 0 Å². The van der Waals surface area contributed by atoms with E-state index in [0.717, 1.165) is 16.9 Å². The van der Waals surface area contributed by atoms with Gasteiger partial charge in [-0.25, -0.2) is 10.8 Å². The Kier molecular flexibility index (Phi) is 2.62. The van der Waals surface area contributed by atoms with Gasteiger partial charge in [0.25, 0.3) is 5.91 Å². The van der Waals surface area contributed by atoms with Gasteiger partial charge in [-0.3, -0.25) is 10.2 Å². The molecule has 4 N–H and O–H groups in total. The van der Waals surface area contributed by atoms with Crippen LogP contribution in [0.25, 0.3) is 11.0 Å². The van der Waals surface area contributed by atoms with Crippen LogP contribution in [0.5, 0.6) is 0 Å². The first-order chi connectivity index (χ1) is 7.61. The summed E-state index contributed by atoms with van der Waals surface area (Å²) in [5.74, 6) is 6.02. The Morgan fingerprint density at radius 2 is 2.25 bits per heavy atom. The molecule has 0 aliphatic heterocycles. The lowest BCUT2D eigenvalue weighted by Gasteiger charge is -1.98. The molecule has 5 heteroatoms. The van der Waals surface area contributed by atoms with Gasteiger partial charge in [0.1, 0.15) is 5.82 Å². The van der Waals surface area contributed by atoms with Crippen LogP contribution in [0.1, 0.15) is 35.9 Å². The molecule has 1 aromatic carbocycles. The number of amides is 1. The van der Waals surface area contributed by atoms with E-state index in [-0.39, 0.29) is 5.91 Å². The summed E-state index contributed by atoms with van der Waals surface area (Å²) in [6, 6.07) is 5.26. The molecular formula is C11H14N4O. The lowest BCUT2D eigenvalue weighted by atomic mass is 10.2. The second-order valence-electron chi connectivity index (χ2n) is 3.98. The maximum Gasteiger partial charge on any atom is 0.265 e. The number of benzene rings is 1. The highest BCUT2D eigenvalue weighted by Crippen LogP contribution is 2.18. The van der Waals surface area contributed by atoms with Crippen molar-refractivity contribution in [2.24, 2.45) is 5.84 Å². The molecule has 0 fully saturated rings. The molecule has 0 unspecified atom stereocenters. The highest BCUT2D eigenvalue weighted by molar-refractivity contribution is 5.96. The van der Waals surface area contributed by atoms with Crippen LogP contribution in [0.2, 0.25) is 0 Å². The Bertz CT molecular complexity index is 530. The van der Waals surface area contributed by atoms with E-state index in [0.29, 0.717) is 11.5 Å². The zero-order valence-corrected chi connectivity index (χ0v) is 9.24. The summed E-state index contributed by atoms with van der Waals surface area (Å²) in [5, 5.41) is 0. The number of hydrogen-bond donors (Lipinski definition) is 3. The number of hydrogen-bond acceptors (Lipinski definition) is 3. The topological polar surface area (TPSA) is 83.8 Å². The third-order valence-corrected chi connectivity index (χ3v) is 2.44. The Balaban J connectivity index is 2.49. The molecule has 2 aromatic rings. The van der Waals surface area contributed by atoms with Gasteiger partial charge < -0.3 is 4.98 Å². The lowest BCUT2D eigenvalue weighted by molar-refractivity contribution is 0.0954. The Hall–Kier alpha value is -1.88. The van der Waals surface area contributed by atoms with E-state index in [9.17, 15) is 4.79 Å². The molecule has 5 nitrogen and oxygen atoms in total. The van der Waals surface area contributed by atoms with Crippen LogP contribution in [-0.4, -0.2) is 15.9 Å². The maximum absolute atomic E-state index is 11.3. The number of imidazole rings is 1. The van der Waals surface area contributed by atoms with Crippen molar-refractivity contribution < 1.29 is 4.79 Å². The van der Waals surface area contributed by atoms with Crippen molar-refractivity contribution in [1.29, 1.82) is 0 Å². The second kappa shape index (κ2) is 3.94. The van der Waals surface area contributed by atoms with Crippen LogP contribution in [0, 0.1) is 0 Å². The molecule has 0 spiro atoms. The Morgan fingerprint density at radius 1 is 1.50 bits per heavy atom. The van der Waals surface area contributed by atoms with Gasteiger partial charge in [0.05, 0.1) is 11.0 Å². The van der Waals surface area contributed by atoms with Crippen LogP contribution in [0.3, 0.4) is 0 Å². The lowest BCUT2D eigenvalue weighted by Crippen LogP contribution is -2.29. The average molecular weight is 218 g/mol. The molecule has 0 aliphatic carbocycles. The zero-order valence-electron chi connectivity index (χ0n) is 9.24. The molecule has 0 saturated heterocycles. The van der Waals surface area contributed by atoms with Gasteiger partial charge in [-0.05, 0) is 18.2 Å². The molecule has 0 atom stereocenters. The minimum atomic E-state index is -0.303. The van der Waals surface area contributed by atoms with E-state index in [1.54, 1.807) is 12.1 Å². The summed E-state index contributed by atoms with van der Waals surface area (Å²) in [5.41, 5.74) is 4.33. The third kappa shape index (κ3) is 1.77. The van der Waals surface area contributed by atoms with E-state index in [1.165, 1.54) is 0 Å². The minimum absolute atomic E-state index is 0.303. The monoisotopic (exact) mass is 218 g/mol. The van der Waals surface area contributed by atoms with Gasteiger partial charge in [0.15, 0.2) is 0 Å². The van der Waals surface area contributed by atoms with Gasteiger partial charge in [-0.1, -0.05) is 13.8 Å². The first-order valence-electron chi connectivity index (χ1n) is 5.12. The molecule has 1 aromatic heterocycles. The van der Waals surface area contributed by atoms with Gasteiger partial charge in [-0.2, -0.15) is 0 Å². The van der Waals surface area contributed by atoms with Crippen molar-refractivity contribution in [3.63, 3.8) is 0 Å². The van der Waals surface area contributed by atoms with Crippen molar-refractivity contribution in [3.8, 4) is 0 Å². The van der Waals surface area contributed by atoms with Crippen LogP contribution in [-0.2, 0) is 0 Å². The summed E-state index contributed by atoms with van der Waals surface area (Å²) in [6.45, 7) is 4.12. The summed E-state index contributed by atoms with van der Waals surface area (Å²) in [4.78, 5) is 18.9. The zero-order chi connectivity index (χ0) is 11.7. The normalized spacial score (nSPS) is 11.0. The number of rotatable bonds is 2. The van der Waals surface area contributed by atoms with Crippen LogP contribution >= 0.6 is 0 Å². The second-order valence-corrected chi connectivity index (χ2v) is 3.98. The van der Waals surface area contributed by atoms with E-state index in [1.807, 2.05) is 6.07 Å². The predicted octanol–water partition coefficient (Wildman–Crippen LogP) is 1.29. The standard InChI is InChI=1S/C11H14N4O/c1-6(2)10-13-8-4-3-7(11(16)15-12)5-9(8)14-10/h3-6H,12H2,1-2H3,(H,13,14)(H,15,16). The molecule has 2 rings (SSSR count).